The zero-order chi connectivity index (χ0) is 17.3. The Bertz CT molecular complexity index is 806. The highest BCUT2D eigenvalue weighted by molar-refractivity contribution is 5.93. The molecule has 2 heterocycles. The number of benzene rings is 1. The lowest BCUT2D eigenvalue weighted by atomic mass is 10.1. The van der Waals surface area contributed by atoms with E-state index in [4.69, 9.17) is 0 Å². The molecule has 0 spiro atoms. The first-order valence-corrected chi connectivity index (χ1v) is 8.22. The maximum atomic E-state index is 12.2. The quantitative estimate of drug-likeness (QED) is 0.698. The van der Waals surface area contributed by atoms with Crippen LogP contribution in [-0.4, -0.2) is 22.4 Å². The molecule has 5 heteroatoms. The third-order valence-corrected chi connectivity index (χ3v) is 3.75. The van der Waals surface area contributed by atoms with Gasteiger partial charge in [-0.1, -0.05) is 36.4 Å². The maximum absolute atomic E-state index is 12.2. The van der Waals surface area contributed by atoms with E-state index in [-0.39, 0.29) is 5.91 Å². The van der Waals surface area contributed by atoms with Gasteiger partial charge in [-0.05, 0) is 35.7 Å². The van der Waals surface area contributed by atoms with E-state index in [2.05, 4.69) is 20.6 Å². The molecule has 0 bridgehead atoms. The molecule has 2 N–H and O–H groups in total. The van der Waals surface area contributed by atoms with Gasteiger partial charge in [0, 0.05) is 37.4 Å². The third kappa shape index (κ3) is 5.14. The van der Waals surface area contributed by atoms with Gasteiger partial charge in [0.05, 0.1) is 0 Å². The van der Waals surface area contributed by atoms with Crippen LogP contribution in [0.3, 0.4) is 0 Å². The van der Waals surface area contributed by atoms with Crippen LogP contribution in [0.15, 0.2) is 73.2 Å². The molecule has 0 atom stereocenters. The Kier molecular flexibility index (Phi) is 5.72. The molecule has 0 radical (unpaired) electrons. The van der Waals surface area contributed by atoms with E-state index in [1.807, 2.05) is 54.7 Å². The third-order valence-electron chi connectivity index (χ3n) is 3.75. The van der Waals surface area contributed by atoms with Crippen LogP contribution >= 0.6 is 0 Å². The normalized spacial score (nSPS) is 10.2. The lowest BCUT2D eigenvalue weighted by molar-refractivity contribution is 0.0949. The summed E-state index contributed by atoms with van der Waals surface area (Å²) in [7, 11) is 0. The average molecular weight is 332 g/mol. The van der Waals surface area contributed by atoms with E-state index < -0.39 is 0 Å². The largest absolute Gasteiger partial charge is 0.381 e. The summed E-state index contributed by atoms with van der Waals surface area (Å²) in [4.78, 5) is 20.5. The summed E-state index contributed by atoms with van der Waals surface area (Å²) in [6, 6.07) is 17.6. The zero-order valence-electron chi connectivity index (χ0n) is 13.9. The van der Waals surface area contributed by atoms with Gasteiger partial charge in [0.2, 0.25) is 0 Å². The maximum Gasteiger partial charge on any atom is 0.269 e. The van der Waals surface area contributed by atoms with Crippen LogP contribution in [0, 0.1) is 0 Å². The number of hydrogen-bond donors (Lipinski definition) is 2. The van der Waals surface area contributed by atoms with Gasteiger partial charge in [0.15, 0.2) is 0 Å². The van der Waals surface area contributed by atoms with Crippen molar-refractivity contribution in [2.45, 2.75) is 13.0 Å². The fourth-order valence-electron chi connectivity index (χ4n) is 2.43. The van der Waals surface area contributed by atoms with Crippen LogP contribution < -0.4 is 10.6 Å². The van der Waals surface area contributed by atoms with Crippen LogP contribution in [-0.2, 0) is 13.0 Å². The van der Waals surface area contributed by atoms with Crippen molar-refractivity contribution in [2.24, 2.45) is 0 Å². The van der Waals surface area contributed by atoms with Gasteiger partial charge in [-0.25, -0.2) is 0 Å². The lowest BCUT2D eigenvalue weighted by Gasteiger charge is -2.08. The number of amides is 1. The predicted molar refractivity (Wildman–Crippen MR) is 98.3 cm³/mol. The van der Waals surface area contributed by atoms with Gasteiger partial charge >= 0.3 is 0 Å². The molecule has 1 amide bonds. The number of carbonyl (C=O) groups is 1. The Morgan fingerprint density at radius 3 is 2.60 bits per heavy atom. The van der Waals surface area contributed by atoms with Crippen LogP contribution in [0.5, 0.6) is 0 Å². The van der Waals surface area contributed by atoms with E-state index in [0.29, 0.717) is 18.8 Å². The number of carbonyl (C=O) groups excluding carboxylic acids is 1. The molecule has 5 nitrogen and oxygen atoms in total. The Morgan fingerprint density at radius 1 is 0.960 bits per heavy atom. The number of hydrogen-bond acceptors (Lipinski definition) is 4. The molecule has 0 aliphatic rings. The molecule has 1 aromatic carbocycles. The van der Waals surface area contributed by atoms with Crippen LogP contribution in [0.4, 0.5) is 5.69 Å². The minimum absolute atomic E-state index is 0.166. The summed E-state index contributed by atoms with van der Waals surface area (Å²) in [5.41, 5.74) is 3.53. The van der Waals surface area contributed by atoms with Crippen LogP contribution in [0.25, 0.3) is 0 Å². The molecule has 0 fully saturated rings. The fraction of sp³-hybridized carbons (Fsp3) is 0.150. The summed E-state index contributed by atoms with van der Waals surface area (Å²) in [6.07, 6.45) is 5.99. The van der Waals surface area contributed by atoms with Gasteiger partial charge in [-0.3, -0.25) is 14.8 Å². The van der Waals surface area contributed by atoms with E-state index in [1.165, 1.54) is 5.56 Å². The average Bonchev–Trinajstić information content (AvgIpc) is 2.68. The van der Waals surface area contributed by atoms with E-state index in [1.54, 1.807) is 18.5 Å². The first-order valence-electron chi connectivity index (χ1n) is 8.22. The number of nitrogens with one attached hydrogen (secondary N) is 2. The van der Waals surface area contributed by atoms with E-state index >= 15 is 0 Å². The Morgan fingerprint density at radius 2 is 1.80 bits per heavy atom. The van der Waals surface area contributed by atoms with Crippen molar-refractivity contribution in [1.82, 2.24) is 15.3 Å². The SMILES string of the molecule is O=C(NCCc1ccccc1)c1cc(NCc2cccnc2)ccn1. The second-order valence-corrected chi connectivity index (χ2v) is 5.64. The van der Waals surface area contributed by atoms with Crippen molar-refractivity contribution in [3.05, 3.63) is 90.0 Å². The highest BCUT2D eigenvalue weighted by atomic mass is 16.1. The predicted octanol–water partition coefficient (Wildman–Crippen LogP) is 3.06. The molecular weight excluding hydrogens is 312 g/mol. The van der Waals surface area contributed by atoms with Crippen molar-refractivity contribution < 1.29 is 4.79 Å². The van der Waals surface area contributed by atoms with Crippen molar-refractivity contribution in [1.29, 1.82) is 0 Å². The van der Waals surface area contributed by atoms with Crippen molar-refractivity contribution in [2.75, 3.05) is 11.9 Å². The van der Waals surface area contributed by atoms with E-state index in [9.17, 15) is 4.79 Å². The van der Waals surface area contributed by atoms with E-state index in [0.717, 1.165) is 17.7 Å². The second kappa shape index (κ2) is 8.59. The Balaban J connectivity index is 1.52. The topological polar surface area (TPSA) is 66.9 Å². The number of anilines is 1. The van der Waals surface area contributed by atoms with Gasteiger partial charge < -0.3 is 10.6 Å². The second-order valence-electron chi connectivity index (χ2n) is 5.64. The van der Waals surface area contributed by atoms with Gasteiger partial charge in [-0.2, -0.15) is 0 Å². The number of pyridine rings is 2. The van der Waals surface area contributed by atoms with Crippen molar-refractivity contribution in [3.63, 3.8) is 0 Å². The van der Waals surface area contributed by atoms with Crippen molar-refractivity contribution >= 4 is 11.6 Å². The van der Waals surface area contributed by atoms with Crippen LogP contribution in [0.1, 0.15) is 21.6 Å². The molecule has 126 valence electrons. The highest BCUT2D eigenvalue weighted by Gasteiger charge is 2.07. The van der Waals surface area contributed by atoms with Crippen molar-refractivity contribution in [3.8, 4) is 0 Å². The summed E-state index contributed by atoms with van der Waals surface area (Å²) in [5.74, 6) is -0.166. The molecule has 25 heavy (non-hydrogen) atoms. The molecule has 2 aromatic heterocycles. The first kappa shape index (κ1) is 16.6. The number of rotatable bonds is 7. The van der Waals surface area contributed by atoms with Crippen LogP contribution in [0.2, 0.25) is 0 Å². The van der Waals surface area contributed by atoms with Gasteiger partial charge in [0.25, 0.3) is 5.91 Å². The highest BCUT2D eigenvalue weighted by Crippen LogP contribution is 2.10. The standard InChI is InChI=1S/C20H20N4O/c25-20(23-11-8-16-5-2-1-3-6-16)19-13-18(9-12-22-19)24-15-17-7-4-10-21-14-17/h1-7,9-10,12-14H,8,11,15H2,(H,22,24)(H,23,25). The molecular formula is C20H20N4O. The molecule has 3 aromatic rings. The minimum atomic E-state index is -0.166. The number of aromatic nitrogens is 2. The Hall–Kier alpha value is -3.21. The minimum Gasteiger partial charge on any atom is -0.381 e. The number of nitrogens with zero attached hydrogens (tertiary/aromatic N) is 2. The summed E-state index contributed by atoms with van der Waals surface area (Å²) >= 11 is 0. The molecule has 0 aliphatic carbocycles. The zero-order valence-corrected chi connectivity index (χ0v) is 13.9. The fourth-order valence-corrected chi connectivity index (χ4v) is 2.43. The molecule has 0 saturated heterocycles. The lowest BCUT2D eigenvalue weighted by Crippen LogP contribution is -2.26. The van der Waals surface area contributed by atoms with Gasteiger partial charge in [0.1, 0.15) is 5.69 Å². The summed E-state index contributed by atoms with van der Waals surface area (Å²) in [6.45, 7) is 1.23. The first-order chi connectivity index (χ1) is 12.3. The molecule has 0 saturated carbocycles. The summed E-state index contributed by atoms with van der Waals surface area (Å²) in [5, 5.41) is 6.19. The molecule has 0 unspecified atom stereocenters. The molecule has 0 aliphatic heterocycles. The summed E-state index contributed by atoms with van der Waals surface area (Å²) < 4.78 is 0. The molecule has 3 rings (SSSR count). The monoisotopic (exact) mass is 332 g/mol. The smallest absolute Gasteiger partial charge is 0.269 e. The van der Waals surface area contributed by atoms with Gasteiger partial charge in [-0.15, -0.1) is 0 Å². The Labute approximate surface area is 147 Å².